The number of rotatable bonds is 6. The van der Waals surface area contributed by atoms with Crippen molar-refractivity contribution >= 4 is 40.7 Å². The first-order valence-electron chi connectivity index (χ1n) is 9.90. The van der Waals surface area contributed by atoms with Crippen LogP contribution in [0.25, 0.3) is 0 Å². The van der Waals surface area contributed by atoms with E-state index in [2.05, 4.69) is 20.9 Å². The van der Waals surface area contributed by atoms with Crippen LogP contribution in [0.1, 0.15) is 30.1 Å². The Bertz CT molecular complexity index is 974. The van der Waals surface area contributed by atoms with Crippen molar-refractivity contribution in [2.24, 2.45) is 4.99 Å². The quantitative estimate of drug-likeness (QED) is 0.466. The lowest BCUT2D eigenvalue weighted by Crippen LogP contribution is -2.37. The molecule has 1 atom stereocenters. The summed E-state index contributed by atoms with van der Waals surface area (Å²) in [5, 5.41) is 9.06. The van der Waals surface area contributed by atoms with Crippen LogP contribution in [0, 0.1) is 0 Å². The standard InChI is InChI=1S/C22H25ClN4O4/c1-14(28)25-17-6-3-5-15(11-17)21(29)27-22(24-13-18-7-4-10-31-18)26-19-12-16(23)8-9-20(19)30-2/h3,5-6,8-9,11-12,18H,4,7,10,13H2,1-2H3,(H,25,28)(H2,24,26,27,29)/t18-/m1/s1. The summed E-state index contributed by atoms with van der Waals surface area (Å²) in [6.07, 6.45) is 1.93. The second-order valence-corrected chi connectivity index (χ2v) is 7.45. The van der Waals surface area contributed by atoms with Crippen molar-refractivity contribution in [3.05, 3.63) is 53.1 Å². The molecule has 0 aromatic heterocycles. The van der Waals surface area contributed by atoms with Gasteiger partial charge in [-0.3, -0.25) is 14.9 Å². The average Bonchev–Trinajstić information content (AvgIpc) is 3.25. The van der Waals surface area contributed by atoms with Crippen molar-refractivity contribution in [3.63, 3.8) is 0 Å². The van der Waals surface area contributed by atoms with Crippen LogP contribution in [0.2, 0.25) is 5.02 Å². The van der Waals surface area contributed by atoms with Gasteiger partial charge in [0.25, 0.3) is 5.91 Å². The number of hydrogen-bond donors (Lipinski definition) is 3. The molecular weight excluding hydrogens is 420 g/mol. The van der Waals surface area contributed by atoms with Crippen molar-refractivity contribution in [2.45, 2.75) is 25.9 Å². The Morgan fingerprint density at radius 3 is 2.77 bits per heavy atom. The third-order valence-corrected chi connectivity index (χ3v) is 4.80. The van der Waals surface area contributed by atoms with Gasteiger partial charge < -0.3 is 20.1 Å². The lowest BCUT2D eigenvalue weighted by molar-refractivity contribution is -0.114. The average molecular weight is 445 g/mol. The molecule has 1 aliphatic rings. The normalized spacial score (nSPS) is 16.0. The molecule has 1 fully saturated rings. The Kier molecular flexibility index (Phi) is 7.86. The Morgan fingerprint density at radius 1 is 1.23 bits per heavy atom. The molecule has 1 aliphatic heterocycles. The molecule has 164 valence electrons. The molecule has 0 aliphatic carbocycles. The summed E-state index contributed by atoms with van der Waals surface area (Å²) >= 11 is 6.12. The van der Waals surface area contributed by atoms with Crippen LogP contribution in [-0.4, -0.2) is 44.1 Å². The molecule has 9 heteroatoms. The van der Waals surface area contributed by atoms with E-state index in [1.807, 2.05) is 0 Å². The van der Waals surface area contributed by atoms with Gasteiger partial charge in [-0.25, -0.2) is 4.99 Å². The Labute approximate surface area is 186 Å². The van der Waals surface area contributed by atoms with Gasteiger partial charge in [-0.05, 0) is 49.2 Å². The van der Waals surface area contributed by atoms with E-state index in [9.17, 15) is 9.59 Å². The largest absolute Gasteiger partial charge is 0.495 e. The van der Waals surface area contributed by atoms with E-state index in [4.69, 9.17) is 21.1 Å². The van der Waals surface area contributed by atoms with Gasteiger partial charge in [0.1, 0.15) is 5.75 Å². The molecular formula is C22H25ClN4O4. The van der Waals surface area contributed by atoms with Gasteiger partial charge in [0.05, 0.1) is 25.4 Å². The Balaban J connectivity index is 1.81. The van der Waals surface area contributed by atoms with Gasteiger partial charge in [-0.15, -0.1) is 0 Å². The predicted molar refractivity (Wildman–Crippen MR) is 121 cm³/mol. The van der Waals surface area contributed by atoms with Crippen molar-refractivity contribution in [3.8, 4) is 5.75 Å². The second kappa shape index (κ2) is 10.8. The minimum atomic E-state index is -0.383. The minimum absolute atomic E-state index is 0.0121. The summed E-state index contributed by atoms with van der Waals surface area (Å²) in [7, 11) is 1.55. The summed E-state index contributed by atoms with van der Waals surface area (Å²) in [5.41, 5.74) is 1.46. The molecule has 0 unspecified atom stereocenters. The van der Waals surface area contributed by atoms with Crippen LogP contribution in [0.3, 0.4) is 0 Å². The fourth-order valence-electron chi connectivity index (χ4n) is 3.12. The zero-order chi connectivity index (χ0) is 22.2. The van der Waals surface area contributed by atoms with Crippen molar-refractivity contribution in [1.29, 1.82) is 0 Å². The zero-order valence-electron chi connectivity index (χ0n) is 17.4. The first kappa shape index (κ1) is 22.6. The molecule has 8 nitrogen and oxygen atoms in total. The molecule has 2 amide bonds. The predicted octanol–water partition coefficient (Wildman–Crippen LogP) is 3.68. The van der Waals surface area contributed by atoms with Gasteiger partial charge in [-0.2, -0.15) is 0 Å². The zero-order valence-corrected chi connectivity index (χ0v) is 18.2. The molecule has 3 rings (SSSR count). The van der Waals surface area contributed by atoms with E-state index in [1.165, 1.54) is 6.92 Å². The third-order valence-electron chi connectivity index (χ3n) is 4.57. The molecule has 0 saturated carbocycles. The van der Waals surface area contributed by atoms with Crippen LogP contribution in [0.15, 0.2) is 47.5 Å². The maximum Gasteiger partial charge on any atom is 0.258 e. The van der Waals surface area contributed by atoms with Gasteiger partial charge in [0.15, 0.2) is 0 Å². The fourth-order valence-corrected chi connectivity index (χ4v) is 3.29. The summed E-state index contributed by atoms with van der Waals surface area (Å²) in [6.45, 7) is 2.52. The number of carbonyl (C=O) groups is 2. The molecule has 1 heterocycles. The van der Waals surface area contributed by atoms with Gasteiger partial charge >= 0.3 is 0 Å². The van der Waals surface area contributed by atoms with E-state index in [1.54, 1.807) is 49.6 Å². The lowest BCUT2D eigenvalue weighted by atomic mass is 10.2. The fraction of sp³-hybridized carbons (Fsp3) is 0.318. The highest BCUT2D eigenvalue weighted by atomic mass is 35.5. The molecule has 0 radical (unpaired) electrons. The van der Waals surface area contributed by atoms with E-state index in [0.717, 1.165) is 12.8 Å². The number of ether oxygens (including phenoxy) is 2. The van der Waals surface area contributed by atoms with Crippen LogP contribution in [0.4, 0.5) is 11.4 Å². The number of anilines is 2. The summed E-state index contributed by atoms with van der Waals surface area (Å²) in [5.74, 6) is 0.194. The monoisotopic (exact) mass is 444 g/mol. The highest BCUT2D eigenvalue weighted by molar-refractivity contribution is 6.31. The van der Waals surface area contributed by atoms with Gasteiger partial charge in [-0.1, -0.05) is 17.7 Å². The number of methoxy groups -OCH3 is 1. The lowest BCUT2D eigenvalue weighted by Gasteiger charge is -2.16. The van der Waals surface area contributed by atoms with E-state index in [0.29, 0.717) is 40.9 Å². The summed E-state index contributed by atoms with van der Waals surface area (Å²) in [6, 6.07) is 11.8. The van der Waals surface area contributed by atoms with E-state index >= 15 is 0 Å². The van der Waals surface area contributed by atoms with E-state index < -0.39 is 0 Å². The van der Waals surface area contributed by atoms with Crippen molar-refractivity contribution in [1.82, 2.24) is 5.32 Å². The molecule has 0 bridgehead atoms. The van der Waals surface area contributed by atoms with Gasteiger partial charge in [0.2, 0.25) is 11.9 Å². The number of nitrogens with one attached hydrogen (secondary N) is 3. The molecule has 2 aromatic rings. The van der Waals surface area contributed by atoms with Crippen LogP contribution in [0.5, 0.6) is 5.75 Å². The maximum atomic E-state index is 12.9. The topological polar surface area (TPSA) is 101 Å². The molecule has 31 heavy (non-hydrogen) atoms. The smallest absolute Gasteiger partial charge is 0.258 e. The molecule has 0 spiro atoms. The van der Waals surface area contributed by atoms with E-state index in [-0.39, 0.29) is 23.9 Å². The third kappa shape index (κ3) is 6.70. The Hall–Kier alpha value is -3.10. The van der Waals surface area contributed by atoms with Crippen molar-refractivity contribution < 1.29 is 19.1 Å². The Morgan fingerprint density at radius 2 is 2.06 bits per heavy atom. The number of aliphatic imine (C=N–C) groups is 1. The first-order chi connectivity index (χ1) is 14.9. The number of benzene rings is 2. The maximum absolute atomic E-state index is 12.9. The highest BCUT2D eigenvalue weighted by Gasteiger charge is 2.17. The second-order valence-electron chi connectivity index (χ2n) is 7.01. The summed E-state index contributed by atoms with van der Waals surface area (Å²) < 4.78 is 11.0. The number of carbonyl (C=O) groups excluding carboxylic acids is 2. The van der Waals surface area contributed by atoms with Crippen molar-refractivity contribution in [2.75, 3.05) is 30.9 Å². The molecule has 3 N–H and O–H groups in total. The number of halogens is 1. The summed E-state index contributed by atoms with van der Waals surface area (Å²) in [4.78, 5) is 28.7. The first-order valence-corrected chi connectivity index (χ1v) is 10.3. The number of nitrogens with zero attached hydrogens (tertiary/aromatic N) is 1. The van der Waals surface area contributed by atoms with Gasteiger partial charge in [0, 0.05) is 29.8 Å². The van der Waals surface area contributed by atoms with Crippen LogP contribution >= 0.6 is 11.6 Å². The number of guanidine groups is 1. The highest BCUT2D eigenvalue weighted by Crippen LogP contribution is 2.27. The SMILES string of the molecule is COc1ccc(Cl)cc1NC(=NC[C@H]1CCCO1)NC(=O)c1cccc(NC(C)=O)c1. The molecule has 1 saturated heterocycles. The number of hydrogen-bond acceptors (Lipinski definition) is 5. The minimum Gasteiger partial charge on any atom is -0.495 e. The molecule has 2 aromatic carbocycles. The van der Waals surface area contributed by atoms with Crippen LogP contribution in [-0.2, 0) is 9.53 Å². The van der Waals surface area contributed by atoms with Crippen LogP contribution < -0.4 is 20.7 Å². The number of amides is 2.